The number of rotatable bonds is 2. The molecule has 1 aliphatic carbocycles. The summed E-state index contributed by atoms with van der Waals surface area (Å²) in [6.07, 6.45) is 11.0. The number of carbonyl (C=O) groups excluding carboxylic acids is 1. The number of nitrogens with one attached hydrogen (secondary N) is 2. The molecule has 1 saturated carbocycles. The molecule has 19 heavy (non-hydrogen) atoms. The van der Waals surface area contributed by atoms with Crippen molar-refractivity contribution in [3.8, 4) is 0 Å². The molecule has 0 radical (unpaired) electrons. The topological polar surface area (TPSA) is 44.4 Å². The predicted octanol–water partition coefficient (Wildman–Crippen LogP) is 2.25. The third kappa shape index (κ3) is 3.04. The van der Waals surface area contributed by atoms with Crippen molar-refractivity contribution in [2.24, 2.45) is 0 Å². The fourth-order valence-electron chi connectivity index (χ4n) is 4.00. The molecule has 2 amide bonds. The second kappa shape index (κ2) is 6.12. The largest absolute Gasteiger partial charge is 0.335 e. The minimum Gasteiger partial charge on any atom is -0.335 e. The van der Waals surface area contributed by atoms with Crippen molar-refractivity contribution < 1.29 is 4.79 Å². The quantitative estimate of drug-likeness (QED) is 0.804. The molecule has 0 aromatic carbocycles. The Bertz CT molecular complexity index is 309. The molecule has 0 bridgehead atoms. The van der Waals surface area contributed by atoms with Gasteiger partial charge in [-0.2, -0.15) is 0 Å². The smallest absolute Gasteiger partial charge is 0.317 e. The first-order valence-electron chi connectivity index (χ1n) is 8.15. The van der Waals surface area contributed by atoms with Crippen molar-refractivity contribution in [1.82, 2.24) is 15.5 Å². The minimum absolute atomic E-state index is 0.199. The maximum Gasteiger partial charge on any atom is 0.317 e. The van der Waals surface area contributed by atoms with E-state index in [9.17, 15) is 4.79 Å². The number of urea groups is 1. The highest BCUT2D eigenvalue weighted by molar-refractivity contribution is 5.75. The van der Waals surface area contributed by atoms with Gasteiger partial charge in [0.2, 0.25) is 0 Å². The molecule has 3 aliphatic rings. The van der Waals surface area contributed by atoms with Crippen molar-refractivity contribution in [2.75, 3.05) is 13.1 Å². The third-order valence-corrected chi connectivity index (χ3v) is 5.06. The highest BCUT2D eigenvalue weighted by Gasteiger charge is 2.34. The first-order chi connectivity index (χ1) is 9.34. The van der Waals surface area contributed by atoms with Gasteiger partial charge in [-0.25, -0.2) is 4.79 Å². The summed E-state index contributed by atoms with van der Waals surface area (Å²) < 4.78 is 0. The minimum atomic E-state index is 0.199. The van der Waals surface area contributed by atoms with Gasteiger partial charge >= 0.3 is 6.03 Å². The molecule has 4 heteroatoms. The van der Waals surface area contributed by atoms with E-state index in [4.69, 9.17) is 0 Å². The van der Waals surface area contributed by atoms with E-state index in [1.165, 1.54) is 57.8 Å². The zero-order valence-corrected chi connectivity index (χ0v) is 11.9. The lowest BCUT2D eigenvalue weighted by Gasteiger charge is -2.39. The summed E-state index contributed by atoms with van der Waals surface area (Å²) in [5, 5.41) is 6.84. The molecule has 0 aromatic rings. The third-order valence-electron chi connectivity index (χ3n) is 5.06. The van der Waals surface area contributed by atoms with Crippen LogP contribution in [0.15, 0.2) is 0 Å². The normalized spacial score (nSPS) is 32.7. The highest BCUT2D eigenvalue weighted by Crippen LogP contribution is 2.25. The number of hydrogen-bond donors (Lipinski definition) is 2. The van der Waals surface area contributed by atoms with Crippen LogP contribution in [0, 0.1) is 0 Å². The summed E-state index contributed by atoms with van der Waals surface area (Å²) in [4.78, 5) is 14.6. The van der Waals surface area contributed by atoms with Gasteiger partial charge in [-0.3, -0.25) is 0 Å². The Labute approximate surface area is 116 Å². The molecule has 0 aromatic heterocycles. The molecule has 108 valence electrons. The summed E-state index contributed by atoms with van der Waals surface area (Å²) in [6, 6.07) is 1.60. The van der Waals surface area contributed by atoms with Gasteiger partial charge in [0.15, 0.2) is 0 Å². The molecule has 2 saturated heterocycles. The number of piperidine rings is 1. The second-order valence-corrected chi connectivity index (χ2v) is 6.39. The lowest BCUT2D eigenvalue weighted by molar-refractivity contribution is 0.130. The van der Waals surface area contributed by atoms with Crippen LogP contribution in [0.5, 0.6) is 0 Å². The fraction of sp³-hybridized carbons (Fsp3) is 0.933. The van der Waals surface area contributed by atoms with Crippen molar-refractivity contribution >= 4 is 6.03 Å². The van der Waals surface area contributed by atoms with Crippen molar-refractivity contribution in [2.45, 2.75) is 75.9 Å². The van der Waals surface area contributed by atoms with E-state index >= 15 is 0 Å². The SMILES string of the molecule is O=C(NC1CCCC1)N1CCCCC1C1CCCN1. The van der Waals surface area contributed by atoms with E-state index in [2.05, 4.69) is 15.5 Å². The maximum absolute atomic E-state index is 12.5. The zero-order valence-electron chi connectivity index (χ0n) is 11.9. The molecule has 2 heterocycles. The lowest BCUT2D eigenvalue weighted by Crippen LogP contribution is -2.56. The summed E-state index contributed by atoms with van der Waals surface area (Å²) in [5.41, 5.74) is 0. The van der Waals surface area contributed by atoms with Gasteiger partial charge in [0.25, 0.3) is 0 Å². The van der Waals surface area contributed by atoms with Crippen molar-refractivity contribution in [1.29, 1.82) is 0 Å². The monoisotopic (exact) mass is 265 g/mol. The second-order valence-electron chi connectivity index (χ2n) is 6.39. The predicted molar refractivity (Wildman–Crippen MR) is 76.2 cm³/mol. The average molecular weight is 265 g/mol. The molecule has 2 atom stereocenters. The number of carbonyl (C=O) groups is 1. The summed E-state index contributed by atoms with van der Waals surface area (Å²) in [6.45, 7) is 2.07. The zero-order chi connectivity index (χ0) is 13.1. The molecular weight excluding hydrogens is 238 g/mol. The van der Waals surface area contributed by atoms with Crippen LogP contribution >= 0.6 is 0 Å². The van der Waals surface area contributed by atoms with E-state index in [0.717, 1.165) is 13.1 Å². The van der Waals surface area contributed by atoms with Crippen LogP contribution in [0.2, 0.25) is 0 Å². The van der Waals surface area contributed by atoms with Crippen LogP contribution in [0.3, 0.4) is 0 Å². The fourth-order valence-corrected chi connectivity index (χ4v) is 4.00. The van der Waals surface area contributed by atoms with Crippen molar-refractivity contribution in [3.63, 3.8) is 0 Å². The average Bonchev–Trinajstić information content (AvgIpc) is 3.11. The van der Waals surface area contributed by atoms with E-state index < -0.39 is 0 Å². The molecule has 0 spiro atoms. The molecule has 2 unspecified atom stereocenters. The van der Waals surface area contributed by atoms with E-state index in [1.54, 1.807) is 0 Å². The van der Waals surface area contributed by atoms with Crippen LogP contribution in [0.25, 0.3) is 0 Å². The van der Waals surface area contributed by atoms with Gasteiger partial charge in [0.1, 0.15) is 0 Å². The standard InChI is InChI=1S/C15H27N3O/c19-15(17-12-6-1-2-7-12)18-11-4-3-9-14(18)13-8-5-10-16-13/h12-14,16H,1-11H2,(H,17,19). The molecule has 2 N–H and O–H groups in total. The van der Waals surface area contributed by atoms with Crippen LogP contribution < -0.4 is 10.6 Å². The van der Waals surface area contributed by atoms with Crippen LogP contribution in [0.4, 0.5) is 4.79 Å². The molecule has 2 aliphatic heterocycles. The highest BCUT2D eigenvalue weighted by atomic mass is 16.2. The van der Waals surface area contributed by atoms with E-state index in [-0.39, 0.29) is 6.03 Å². The number of nitrogens with zero attached hydrogens (tertiary/aromatic N) is 1. The van der Waals surface area contributed by atoms with Crippen LogP contribution in [0.1, 0.15) is 57.8 Å². The Hall–Kier alpha value is -0.770. The summed E-state index contributed by atoms with van der Waals surface area (Å²) in [5.74, 6) is 0. The van der Waals surface area contributed by atoms with Crippen molar-refractivity contribution in [3.05, 3.63) is 0 Å². The Morgan fingerprint density at radius 2 is 1.79 bits per heavy atom. The van der Waals surface area contributed by atoms with Gasteiger partial charge in [-0.15, -0.1) is 0 Å². The van der Waals surface area contributed by atoms with E-state index in [0.29, 0.717) is 18.1 Å². The van der Waals surface area contributed by atoms with E-state index in [1.807, 2.05) is 0 Å². The Morgan fingerprint density at radius 1 is 1.00 bits per heavy atom. The summed E-state index contributed by atoms with van der Waals surface area (Å²) in [7, 11) is 0. The van der Waals surface area contributed by atoms with Gasteiger partial charge in [-0.1, -0.05) is 12.8 Å². The first-order valence-corrected chi connectivity index (χ1v) is 8.15. The Morgan fingerprint density at radius 3 is 2.53 bits per heavy atom. The number of amides is 2. The van der Waals surface area contributed by atoms with Crippen LogP contribution in [-0.2, 0) is 0 Å². The van der Waals surface area contributed by atoms with Crippen LogP contribution in [-0.4, -0.2) is 42.1 Å². The Balaban J connectivity index is 1.60. The van der Waals surface area contributed by atoms with Gasteiger partial charge in [0, 0.05) is 24.7 Å². The number of hydrogen-bond acceptors (Lipinski definition) is 2. The lowest BCUT2D eigenvalue weighted by atomic mass is 9.95. The van der Waals surface area contributed by atoms with Gasteiger partial charge in [0.05, 0.1) is 0 Å². The molecular formula is C15H27N3O. The molecule has 3 fully saturated rings. The van der Waals surface area contributed by atoms with Gasteiger partial charge in [-0.05, 0) is 51.5 Å². The first kappa shape index (κ1) is 13.2. The molecule has 4 nitrogen and oxygen atoms in total. The number of likely N-dealkylation sites (tertiary alicyclic amines) is 1. The molecule has 3 rings (SSSR count). The Kier molecular flexibility index (Phi) is 4.26. The maximum atomic E-state index is 12.5. The van der Waals surface area contributed by atoms with Gasteiger partial charge < -0.3 is 15.5 Å². The summed E-state index contributed by atoms with van der Waals surface area (Å²) >= 11 is 0.